The molecule has 0 bridgehead atoms. The maximum Gasteiger partial charge on any atom is 0.416 e. The molecule has 1 saturated heterocycles. The highest BCUT2D eigenvalue weighted by Gasteiger charge is 2.31. The van der Waals surface area contributed by atoms with Gasteiger partial charge < -0.3 is 14.7 Å². The van der Waals surface area contributed by atoms with Gasteiger partial charge in [-0.05, 0) is 49.2 Å². The van der Waals surface area contributed by atoms with Crippen molar-refractivity contribution in [3.8, 4) is 11.4 Å². The fraction of sp³-hybridized carbons (Fsp3) is 0.360. The quantitative estimate of drug-likeness (QED) is 0.550. The molecule has 0 unspecified atom stereocenters. The van der Waals surface area contributed by atoms with Crippen molar-refractivity contribution < 1.29 is 27.3 Å². The second-order valence-electron chi connectivity index (χ2n) is 9.00. The Morgan fingerprint density at radius 2 is 1.75 bits per heavy atom. The number of carbonyl (C=O) groups excluding carboxylic acids is 2. The van der Waals surface area contributed by atoms with Crippen LogP contribution in [0.1, 0.15) is 34.7 Å². The highest BCUT2D eigenvalue weighted by Crippen LogP contribution is 2.32. The maximum absolute atomic E-state index is 13.0. The van der Waals surface area contributed by atoms with E-state index in [1.165, 1.54) is 12.1 Å². The van der Waals surface area contributed by atoms with Gasteiger partial charge in [0, 0.05) is 48.9 Å². The lowest BCUT2D eigenvalue weighted by Gasteiger charge is -2.34. The van der Waals surface area contributed by atoms with E-state index in [1.807, 2.05) is 4.90 Å². The van der Waals surface area contributed by atoms with Crippen LogP contribution in [0.4, 0.5) is 18.9 Å². The lowest BCUT2D eigenvalue weighted by Crippen LogP contribution is -2.48. The Morgan fingerprint density at radius 1 is 1.03 bits per heavy atom. The number of halogens is 3. The minimum atomic E-state index is -4.45. The number of hydrogen-bond donors (Lipinski definition) is 1. The summed E-state index contributed by atoms with van der Waals surface area (Å²) in [5.41, 5.74) is 0.686. The molecule has 8 nitrogen and oxygen atoms in total. The molecule has 1 saturated carbocycles. The summed E-state index contributed by atoms with van der Waals surface area (Å²) in [6, 6.07) is 11.7. The van der Waals surface area contributed by atoms with Crippen molar-refractivity contribution in [3.05, 3.63) is 65.5 Å². The Kier molecular flexibility index (Phi) is 6.48. The van der Waals surface area contributed by atoms with Crippen LogP contribution in [0.15, 0.2) is 53.1 Å². The molecule has 0 atom stereocenters. The van der Waals surface area contributed by atoms with Crippen molar-refractivity contribution in [1.29, 1.82) is 0 Å². The molecule has 2 aliphatic rings. The second kappa shape index (κ2) is 9.73. The second-order valence-corrected chi connectivity index (χ2v) is 9.00. The number of amides is 2. The van der Waals surface area contributed by atoms with E-state index >= 15 is 0 Å². The summed E-state index contributed by atoms with van der Waals surface area (Å²) >= 11 is 0. The summed E-state index contributed by atoms with van der Waals surface area (Å²) in [6.45, 7) is 2.52. The van der Waals surface area contributed by atoms with Gasteiger partial charge in [0.2, 0.25) is 17.6 Å². The molecule has 11 heteroatoms. The molecule has 2 fully saturated rings. The van der Waals surface area contributed by atoms with Crippen LogP contribution >= 0.6 is 0 Å². The molecule has 1 aliphatic heterocycles. The van der Waals surface area contributed by atoms with E-state index in [2.05, 4.69) is 15.5 Å². The van der Waals surface area contributed by atoms with E-state index in [0.717, 1.165) is 25.0 Å². The van der Waals surface area contributed by atoms with Crippen molar-refractivity contribution in [1.82, 2.24) is 19.9 Å². The first kappa shape index (κ1) is 24.0. The van der Waals surface area contributed by atoms with Crippen LogP contribution in [0.25, 0.3) is 11.4 Å². The van der Waals surface area contributed by atoms with Crippen molar-refractivity contribution in [3.63, 3.8) is 0 Å². The van der Waals surface area contributed by atoms with Gasteiger partial charge in [0.25, 0.3) is 5.91 Å². The third kappa shape index (κ3) is 5.56. The van der Waals surface area contributed by atoms with Gasteiger partial charge in [-0.25, -0.2) is 0 Å². The molecule has 0 radical (unpaired) electrons. The van der Waals surface area contributed by atoms with Gasteiger partial charge in [-0.3, -0.25) is 14.5 Å². The lowest BCUT2D eigenvalue weighted by atomic mass is 10.1. The van der Waals surface area contributed by atoms with Gasteiger partial charge in [0.15, 0.2) is 0 Å². The van der Waals surface area contributed by atoms with Crippen molar-refractivity contribution in [2.24, 2.45) is 5.92 Å². The number of anilines is 1. The Hall–Kier alpha value is -3.73. The zero-order valence-corrected chi connectivity index (χ0v) is 19.3. The van der Waals surface area contributed by atoms with E-state index in [-0.39, 0.29) is 29.1 Å². The monoisotopic (exact) mass is 499 g/mol. The number of rotatable bonds is 6. The summed E-state index contributed by atoms with van der Waals surface area (Å²) in [5, 5.41) is 6.68. The Bertz CT molecular complexity index is 1250. The van der Waals surface area contributed by atoms with Crippen molar-refractivity contribution >= 4 is 17.5 Å². The van der Waals surface area contributed by atoms with Gasteiger partial charge in [-0.2, -0.15) is 18.2 Å². The molecule has 1 aliphatic carbocycles. The van der Waals surface area contributed by atoms with Crippen LogP contribution in [0.5, 0.6) is 0 Å². The average molecular weight is 499 g/mol. The number of alkyl halides is 3. The largest absolute Gasteiger partial charge is 0.416 e. The standard InChI is InChI=1S/C25H24F3N5O3/c26-25(27,28)19-3-1-2-18(14-19)22-30-21(36-31-22)15-32-10-12-33(13-11-32)24(35)17-6-8-20(9-7-17)29-23(34)16-4-5-16/h1-3,6-9,14,16H,4-5,10-13,15H2,(H,29,34). The van der Waals surface area contributed by atoms with Crippen LogP contribution in [-0.4, -0.2) is 57.9 Å². The van der Waals surface area contributed by atoms with Crippen molar-refractivity contribution in [2.75, 3.05) is 31.5 Å². The van der Waals surface area contributed by atoms with Gasteiger partial charge in [-0.15, -0.1) is 0 Å². The van der Waals surface area contributed by atoms with Crippen LogP contribution in [0, 0.1) is 5.92 Å². The normalized spacial score (nSPS) is 16.7. The van der Waals surface area contributed by atoms with E-state index in [4.69, 9.17) is 4.52 Å². The Labute approximate surface area is 205 Å². The molecule has 0 spiro atoms. The average Bonchev–Trinajstić information content (AvgIpc) is 3.63. The summed E-state index contributed by atoms with van der Waals surface area (Å²) < 4.78 is 44.2. The highest BCUT2D eigenvalue weighted by atomic mass is 19.4. The molecular formula is C25H24F3N5O3. The number of piperazine rings is 1. The number of aromatic nitrogens is 2. The number of hydrogen-bond acceptors (Lipinski definition) is 6. The molecule has 2 aromatic carbocycles. The maximum atomic E-state index is 13.0. The van der Waals surface area contributed by atoms with E-state index in [9.17, 15) is 22.8 Å². The highest BCUT2D eigenvalue weighted by molar-refractivity contribution is 5.96. The zero-order chi connectivity index (χ0) is 25.3. The Balaban J connectivity index is 1.13. The molecule has 2 heterocycles. The zero-order valence-electron chi connectivity index (χ0n) is 19.3. The van der Waals surface area contributed by atoms with Gasteiger partial charge >= 0.3 is 6.18 Å². The summed E-state index contributed by atoms with van der Waals surface area (Å²) in [6.07, 6.45) is -2.59. The SMILES string of the molecule is O=C(Nc1ccc(C(=O)N2CCN(Cc3nc(-c4cccc(C(F)(F)F)c4)no3)CC2)cc1)C1CC1. The molecule has 3 aromatic rings. The molecule has 2 amide bonds. The predicted octanol–water partition coefficient (Wildman–Crippen LogP) is 4.06. The minimum Gasteiger partial charge on any atom is -0.338 e. The first-order valence-electron chi connectivity index (χ1n) is 11.7. The molecule has 5 rings (SSSR count). The molecule has 36 heavy (non-hydrogen) atoms. The van der Waals surface area contributed by atoms with Gasteiger partial charge in [0.1, 0.15) is 0 Å². The third-order valence-electron chi connectivity index (χ3n) is 6.28. The van der Waals surface area contributed by atoms with Crippen LogP contribution < -0.4 is 5.32 Å². The van der Waals surface area contributed by atoms with E-state index in [0.29, 0.717) is 49.9 Å². The molecular weight excluding hydrogens is 475 g/mol. The van der Waals surface area contributed by atoms with E-state index < -0.39 is 11.7 Å². The molecule has 1 aromatic heterocycles. The molecule has 188 valence electrons. The van der Waals surface area contributed by atoms with Gasteiger partial charge in [-0.1, -0.05) is 17.3 Å². The summed E-state index contributed by atoms with van der Waals surface area (Å²) in [5.74, 6) is 0.447. The van der Waals surface area contributed by atoms with Crippen molar-refractivity contribution in [2.45, 2.75) is 25.6 Å². The lowest BCUT2D eigenvalue weighted by molar-refractivity contribution is -0.137. The predicted molar refractivity (Wildman–Crippen MR) is 124 cm³/mol. The van der Waals surface area contributed by atoms with E-state index in [1.54, 1.807) is 29.2 Å². The first-order chi connectivity index (χ1) is 17.3. The number of benzene rings is 2. The Morgan fingerprint density at radius 3 is 2.42 bits per heavy atom. The number of carbonyl (C=O) groups is 2. The van der Waals surface area contributed by atoms with Crippen LogP contribution in [0.2, 0.25) is 0 Å². The first-order valence-corrected chi connectivity index (χ1v) is 11.7. The minimum absolute atomic E-state index is 0.0217. The summed E-state index contributed by atoms with van der Waals surface area (Å²) in [4.78, 5) is 32.8. The number of nitrogens with one attached hydrogen (secondary N) is 1. The van der Waals surface area contributed by atoms with Crippen LogP contribution in [-0.2, 0) is 17.5 Å². The van der Waals surface area contributed by atoms with Crippen LogP contribution in [0.3, 0.4) is 0 Å². The fourth-order valence-corrected chi connectivity index (χ4v) is 4.04. The number of nitrogens with zero attached hydrogens (tertiary/aromatic N) is 4. The third-order valence-corrected chi connectivity index (χ3v) is 6.28. The summed E-state index contributed by atoms with van der Waals surface area (Å²) in [7, 11) is 0. The fourth-order valence-electron chi connectivity index (χ4n) is 4.04. The smallest absolute Gasteiger partial charge is 0.338 e. The van der Waals surface area contributed by atoms with Gasteiger partial charge in [0.05, 0.1) is 12.1 Å². The molecule has 1 N–H and O–H groups in total. The topological polar surface area (TPSA) is 91.6 Å².